The van der Waals surface area contributed by atoms with Gasteiger partial charge in [-0.2, -0.15) is 0 Å². The van der Waals surface area contributed by atoms with Gasteiger partial charge >= 0.3 is 6.03 Å². The van der Waals surface area contributed by atoms with E-state index in [1.807, 2.05) is 69.2 Å². The Labute approximate surface area is 290 Å². The number of imide groups is 1. The molecule has 0 radical (unpaired) electrons. The molecule has 13 heteroatoms. The number of hydrogen-bond acceptors (Lipinski definition) is 7. The highest BCUT2D eigenvalue weighted by atomic mass is 16.2. The monoisotopic (exact) mass is 686 g/mol. The molecule has 4 fully saturated rings. The number of urea groups is 1. The zero-order valence-electron chi connectivity index (χ0n) is 31.1. The Bertz CT molecular complexity index is 1360. The second-order valence-corrected chi connectivity index (χ2v) is 17.8. The van der Waals surface area contributed by atoms with Crippen molar-refractivity contribution in [3.63, 3.8) is 0 Å². The van der Waals surface area contributed by atoms with Gasteiger partial charge in [0.1, 0.15) is 17.6 Å². The fourth-order valence-electron chi connectivity index (χ4n) is 7.16. The van der Waals surface area contributed by atoms with Crippen LogP contribution >= 0.6 is 0 Å². The van der Waals surface area contributed by atoms with Gasteiger partial charge in [-0.3, -0.25) is 33.7 Å². The lowest BCUT2D eigenvalue weighted by atomic mass is 9.80. The molecule has 0 aromatic carbocycles. The third-order valence-electron chi connectivity index (χ3n) is 10.7. The summed E-state index contributed by atoms with van der Waals surface area (Å²) >= 11 is 0. The number of likely N-dealkylation sites (tertiary alicyclic amines) is 2. The van der Waals surface area contributed by atoms with Crippen LogP contribution in [0.25, 0.3) is 0 Å². The zero-order chi connectivity index (χ0) is 36.9. The number of nitrogens with one attached hydrogen (secondary N) is 4. The lowest BCUT2D eigenvalue weighted by Crippen LogP contribution is -2.63. The fraction of sp³-hybridized carbons (Fsp3) is 0.806. The van der Waals surface area contributed by atoms with Gasteiger partial charge < -0.3 is 26.2 Å². The van der Waals surface area contributed by atoms with Crippen LogP contribution in [0.1, 0.15) is 114 Å². The number of hydrogen-bond donors (Lipinski definition) is 4. The Kier molecular flexibility index (Phi) is 10.7. The second-order valence-electron chi connectivity index (χ2n) is 17.8. The Morgan fingerprint density at radius 3 is 1.98 bits per heavy atom. The third-order valence-corrected chi connectivity index (χ3v) is 10.7. The van der Waals surface area contributed by atoms with Gasteiger partial charge in [0.05, 0.1) is 6.04 Å². The van der Waals surface area contributed by atoms with Crippen molar-refractivity contribution in [2.24, 2.45) is 28.1 Å². The summed E-state index contributed by atoms with van der Waals surface area (Å²) in [4.78, 5) is 96.4. The fourth-order valence-corrected chi connectivity index (χ4v) is 7.16. The van der Waals surface area contributed by atoms with Gasteiger partial charge in [-0.1, -0.05) is 75.7 Å². The molecule has 0 aromatic heterocycles. The molecular weight excluding hydrogens is 628 g/mol. The van der Waals surface area contributed by atoms with E-state index in [2.05, 4.69) is 21.3 Å². The summed E-state index contributed by atoms with van der Waals surface area (Å²) < 4.78 is 0. The number of carbonyl (C=O) groups excluding carboxylic acids is 7. The van der Waals surface area contributed by atoms with Crippen LogP contribution < -0.4 is 21.3 Å². The molecule has 4 N–H and O–H groups in total. The number of rotatable bonds is 11. The van der Waals surface area contributed by atoms with E-state index in [-0.39, 0.29) is 55.6 Å². The van der Waals surface area contributed by atoms with Gasteiger partial charge in [-0.05, 0) is 53.8 Å². The van der Waals surface area contributed by atoms with Crippen molar-refractivity contribution >= 4 is 41.4 Å². The Balaban J connectivity index is 1.48. The van der Waals surface area contributed by atoms with Crippen LogP contribution in [0.15, 0.2) is 0 Å². The van der Waals surface area contributed by atoms with Gasteiger partial charge in [0.25, 0.3) is 5.91 Å². The van der Waals surface area contributed by atoms with Gasteiger partial charge in [0.15, 0.2) is 0 Å². The number of nitrogens with zero attached hydrogens (tertiary/aromatic N) is 2. The maximum absolute atomic E-state index is 14.3. The minimum Gasteiger partial charge on any atom is -0.347 e. The van der Waals surface area contributed by atoms with Gasteiger partial charge in [0.2, 0.25) is 29.4 Å². The van der Waals surface area contributed by atoms with Crippen LogP contribution in [0.5, 0.6) is 0 Å². The van der Waals surface area contributed by atoms with Gasteiger partial charge in [-0.25, -0.2) is 4.79 Å². The highest BCUT2D eigenvalue weighted by Crippen LogP contribution is 2.47. The summed E-state index contributed by atoms with van der Waals surface area (Å²) in [5, 5.41) is 11.4. The first-order chi connectivity index (χ1) is 22.5. The maximum Gasteiger partial charge on any atom is 0.315 e. The molecule has 2 aliphatic heterocycles. The number of ketones is 1. The molecule has 4 rings (SSSR count). The van der Waals surface area contributed by atoms with E-state index >= 15 is 0 Å². The van der Waals surface area contributed by atoms with Crippen molar-refractivity contribution in [1.29, 1.82) is 0 Å². The molecule has 49 heavy (non-hydrogen) atoms. The van der Waals surface area contributed by atoms with E-state index in [9.17, 15) is 33.6 Å². The maximum atomic E-state index is 14.3. The average Bonchev–Trinajstić information content (AvgIpc) is 3.87. The van der Waals surface area contributed by atoms with E-state index in [4.69, 9.17) is 0 Å². The number of Topliss-reactive ketones (excluding diaryl/α,β-unsaturated/α-hetero) is 1. The van der Waals surface area contributed by atoms with E-state index in [1.165, 1.54) is 9.80 Å². The number of carbonyl (C=O) groups is 7. The third kappa shape index (κ3) is 8.63. The van der Waals surface area contributed by atoms with E-state index in [0.717, 1.165) is 12.8 Å². The van der Waals surface area contributed by atoms with E-state index in [1.54, 1.807) is 0 Å². The normalized spacial score (nSPS) is 28.0. The second kappa shape index (κ2) is 13.7. The van der Waals surface area contributed by atoms with Crippen molar-refractivity contribution in [2.45, 2.75) is 144 Å². The topological polar surface area (TPSA) is 174 Å². The highest BCUT2D eigenvalue weighted by molar-refractivity contribution is 6.41. The van der Waals surface area contributed by atoms with Gasteiger partial charge in [0, 0.05) is 32.0 Å². The van der Waals surface area contributed by atoms with Crippen LogP contribution in [0.4, 0.5) is 4.79 Å². The summed E-state index contributed by atoms with van der Waals surface area (Å²) in [5.74, 6) is -3.18. The predicted molar refractivity (Wildman–Crippen MR) is 183 cm³/mol. The van der Waals surface area contributed by atoms with Crippen molar-refractivity contribution < 1.29 is 33.6 Å². The molecule has 2 saturated carbocycles. The van der Waals surface area contributed by atoms with Crippen molar-refractivity contribution in [1.82, 2.24) is 31.1 Å². The minimum absolute atomic E-state index is 0.00257. The number of amides is 7. The molecule has 2 saturated heterocycles. The molecule has 4 aliphatic rings. The Hall–Kier alpha value is -3.51. The zero-order valence-corrected chi connectivity index (χ0v) is 31.1. The standard InChI is InChI=1S/C36H58N6O7/c1-11-21-16-36(21,28(45)30(47)37-22-12-13-22)40-29(46)26-20(2)14-15-41(26)31(48)27(34(6,7)8)39-32(49)38-23(33(3,4)5)19-42-24(43)17-35(9,10)18-25(42)44/h20-23,26-27H,11-19H2,1-10H3,(H,37,47)(H,40,46)(H2,38,39,49)/t20-,21-,23+,26-,27+,36+/m0/s1. The predicted octanol–water partition coefficient (Wildman–Crippen LogP) is 2.66. The SMILES string of the molecule is CC[C@H]1C[C@]1(NC(=O)[C@@H]1[C@@H](C)CCN1C(=O)[C@@H](NC(=O)N[C@H](CN1C(=O)CC(C)(C)CC1=O)C(C)(C)C)C(C)(C)C)C(=O)C(=O)NC1CC1. The first-order valence-electron chi connectivity index (χ1n) is 17.9. The first-order valence-corrected chi connectivity index (χ1v) is 17.9. The Morgan fingerprint density at radius 2 is 1.49 bits per heavy atom. The van der Waals surface area contributed by atoms with Crippen molar-refractivity contribution in [3.05, 3.63) is 0 Å². The molecule has 274 valence electrons. The quantitative estimate of drug-likeness (QED) is 0.191. The molecule has 13 nitrogen and oxygen atoms in total. The van der Waals surface area contributed by atoms with Crippen molar-refractivity contribution in [2.75, 3.05) is 13.1 Å². The molecule has 0 bridgehead atoms. The summed E-state index contributed by atoms with van der Waals surface area (Å²) in [7, 11) is 0. The van der Waals surface area contributed by atoms with Crippen LogP contribution in [-0.2, 0) is 28.8 Å². The summed E-state index contributed by atoms with van der Waals surface area (Å²) in [6.07, 6.45) is 3.66. The molecule has 0 unspecified atom stereocenters. The molecular formula is C36H58N6O7. The summed E-state index contributed by atoms with van der Waals surface area (Å²) in [5.41, 5.74) is -3.00. The smallest absolute Gasteiger partial charge is 0.315 e. The largest absolute Gasteiger partial charge is 0.347 e. The molecule has 0 aromatic rings. The first kappa shape index (κ1) is 38.3. The summed E-state index contributed by atoms with van der Waals surface area (Å²) in [6, 6.07) is -3.16. The lowest BCUT2D eigenvalue weighted by Gasteiger charge is -2.40. The molecule has 2 aliphatic carbocycles. The van der Waals surface area contributed by atoms with Gasteiger partial charge in [-0.15, -0.1) is 0 Å². The number of piperidine rings is 1. The molecule has 2 heterocycles. The molecule has 7 amide bonds. The molecule has 6 atom stereocenters. The van der Waals surface area contributed by atoms with Crippen molar-refractivity contribution in [3.8, 4) is 0 Å². The van der Waals surface area contributed by atoms with E-state index < -0.39 is 69.4 Å². The van der Waals surface area contributed by atoms with E-state index in [0.29, 0.717) is 19.3 Å². The highest BCUT2D eigenvalue weighted by Gasteiger charge is 2.63. The average molecular weight is 687 g/mol. The van der Waals surface area contributed by atoms with Crippen LogP contribution in [-0.4, -0.2) is 93.9 Å². The molecule has 0 spiro atoms. The van der Waals surface area contributed by atoms with Crippen LogP contribution in [0, 0.1) is 28.1 Å². The van der Waals surface area contributed by atoms with Crippen LogP contribution in [0.3, 0.4) is 0 Å². The lowest BCUT2D eigenvalue weighted by molar-refractivity contribution is -0.153. The Morgan fingerprint density at radius 1 is 0.898 bits per heavy atom. The minimum atomic E-state index is -1.28. The van der Waals surface area contributed by atoms with Crippen LogP contribution in [0.2, 0.25) is 0 Å². The summed E-state index contributed by atoms with van der Waals surface area (Å²) in [6.45, 7) is 19.0.